The minimum absolute atomic E-state index is 0.0105. The molecule has 1 saturated carbocycles. The lowest BCUT2D eigenvalue weighted by molar-refractivity contribution is 0.0910. The molecule has 0 aliphatic heterocycles. The molecule has 1 amide bonds. The molecule has 0 saturated heterocycles. The summed E-state index contributed by atoms with van der Waals surface area (Å²) >= 11 is 0. The molecule has 100 valence electrons. The van der Waals surface area contributed by atoms with E-state index in [2.05, 4.69) is 27.7 Å². The molecule has 1 aromatic carbocycles. The van der Waals surface area contributed by atoms with Crippen molar-refractivity contribution in [3.63, 3.8) is 0 Å². The molecule has 5 heteroatoms. The van der Waals surface area contributed by atoms with Crippen LogP contribution in [0, 0.1) is 5.92 Å². The smallest absolute Gasteiger partial charge is 0.251 e. The van der Waals surface area contributed by atoms with Gasteiger partial charge in [0.1, 0.15) is 11.0 Å². The highest BCUT2D eigenvalue weighted by atomic mass is 16.1. The molecule has 0 radical (unpaired) electrons. The van der Waals surface area contributed by atoms with Gasteiger partial charge in [-0.15, -0.1) is 0 Å². The zero-order valence-corrected chi connectivity index (χ0v) is 11.0. The third-order valence-corrected chi connectivity index (χ3v) is 4.01. The monoisotopic (exact) mass is 258 g/mol. The van der Waals surface area contributed by atoms with Crippen molar-refractivity contribution in [3.05, 3.63) is 23.8 Å². The summed E-state index contributed by atoms with van der Waals surface area (Å²) in [5.41, 5.74) is 2.16. The Morgan fingerprint density at radius 1 is 1.26 bits per heavy atom. The van der Waals surface area contributed by atoms with Crippen molar-refractivity contribution < 1.29 is 4.79 Å². The molecule has 2 atom stereocenters. The van der Waals surface area contributed by atoms with Gasteiger partial charge in [0.15, 0.2) is 0 Å². The van der Waals surface area contributed by atoms with E-state index in [1.165, 1.54) is 19.3 Å². The number of aromatic nitrogens is 3. The van der Waals surface area contributed by atoms with Crippen LogP contribution in [0.2, 0.25) is 0 Å². The third kappa shape index (κ3) is 2.45. The number of nitrogens with one attached hydrogen (secondary N) is 2. The van der Waals surface area contributed by atoms with E-state index in [4.69, 9.17) is 0 Å². The van der Waals surface area contributed by atoms with E-state index in [-0.39, 0.29) is 5.91 Å². The average Bonchev–Trinajstić information content (AvgIpc) is 2.88. The molecular weight excluding hydrogens is 240 g/mol. The fraction of sp³-hybridized carbons (Fsp3) is 0.500. The molecule has 1 heterocycles. The van der Waals surface area contributed by atoms with Crippen LogP contribution in [-0.4, -0.2) is 27.4 Å². The van der Waals surface area contributed by atoms with Crippen molar-refractivity contribution in [3.8, 4) is 0 Å². The van der Waals surface area contributed by atoms with Gasteiger partial charge in [0.05, 0.1) is 0 Å². The second kappa shape index (κ2) is 4.99. The standard InChI is InChI=1S/C14H18N4O/c1-9-4-2-3-5-11(9)15-14(19)10-6-7-12-13(8-10)17-18-16-12/h6-9,11H,2-5H2,1H3,(H,15,19)(H,16,17,18)/t9-,11+/m1/s1. The van der Waals surface area contributed by atoms with E-state index < -0.39 is 0 Å². The van der Waals surface area contributed by atoms with Crippen LogP contribution < -0.4 is 5.32 Å². The molecule has 19 heavy (non-hydrogen) atoms. The highest BCUT2D eigenvalue weighted by Gasteiger charge is 2.23. The van der Waals surface area contributed by atoms with E-state index in [0.29, 0.717) is 17.5 Å². The number of rotatable bonds is 2. The molecule has 1 aromatic heterocycles. The van der Waals surface area contributed by atoms with Gasteiger partial charge in [-0.2, -0.15) is 15.4 Å². The molecule has 2 N–H and O–H groups in total. The van der Waals surface area contributed by atoms with Crippen LogP contribution in [0.1, 0.15) is 43.0 Å². The maximum absolute atomic E-state index is 12.3. The van der Waals surface area contributed by atoms with Gasteiger partial charge in [0.25, 0.3) is 5.91 Å². The molecule has 1 aliphatic carbocycles. The Labute approximate surface area is 111 Å². The first-order valence-corrected chi connectivity index (χ1v) is 6.85. The summed E-state index contributed by atoms with van der Waals surface area (Å²) < 4.78 is 0. The Hall–Kier alpha value is -1.91. The second-order valence-electron chi connectivity index (χ2n) is 5.37. The Bertz CT molecular complexity index is 592. The maximum atomic E-state index is 12.3. The molecule has 1 fully saturated rings. The molecule has 3 rings (SSSR count). The number of carbonyl (C=O) groups is 1. The highest BCUT2D eigenvalue weighted by Crippen LogP contribution is 2.24. The van der Waals surface area contributed by atoms with Crippen molar-refractivity contribution >= 4 is 16.9 Å². The Balaban J connectivity index is 1.75. The zero-order chi connectivity index (χ0) is 13.2. The van der Waals surface area contributed by atoms with E-state index in [1.807, 2.05) is 6.07 Å². The van der Waals surface area contributed by atoms with Gasteiger partial charge >= 0.3 is 0 Å². The number of amides is 1. The Morgan fingerprint density at radius 2 is 2.05 bits per heavy atom. The van der Waals surface area contributed by atoms with Gasteiger partial charge in [-0.3, -0.25) is 4.79 Å². The molecule has 0 spiro atoms. The van der Waals surface area contributed by atoms with Crippen molar-refractivity contribution in [2.24, 2.45) is 5.92 Å². The number of nitrogens with zero attached hydrogens (tertiary/aromatic N) is 2. The number of aromatic amines is 1. The number of carbonyl (C=O) groups excluding carboxylic acids is 1. The summed E-state index contributed by atoms with van der Waals surface area (Å²) in [5.74, 6) is 0.553. The van der Waals surface area contributed by atoms with Crippen LogP contribution in [0.5, 0.6) is 0 Å². The predicted octanol–water partition coefficient (Wildman–Crippen LogP) is 2.27. The Kier molecular flexibility index (Phi) is 3.19. The summed E-state index contributed by atoms with van der Waals surface area (Å²) in [6.07, 6.45) is 4.77. The van der Waals surface area contributed by atoms with Crippen LogP contribution in [0.25, 0.3) is 11.0 Å². The average molecular weight is 258 g/mol. The number of H-pyrrole nitrogens is 1. The van der Waals surface area contributed by atoms with Crippen molar-refractivity contribution in [1.82, 2.24) is 20.7 Å². The van der Waals surface area contributed by atoms with Gasteiger partial charge in [-0.1, -0.05) is 19.8 Å². The lowest BCUT2D eigenvalue weighted by Gasteiger charge is -2.29. The summed E-state index contributed by atoms with van der Waals surface area (Å²) in [6.45, 7) is 2.21. The summed E-state index contributed by atoms with van der Waals surface area (Å²) in [7, 11) is 0. The predicted molar refractivity (Wildman–Crippen MR) is 72.8 cm³/mol. The number of fused-ring (bicyclic) bond motifs is 1. The van der Waals surface area contributed by atoms with Gasteiger partial charge in [0, 0.05) is 11.6 Å². The summed E-state index contributed by atoms with van der Waals surface area (Å²) in [6, 6.07) is 5.70. The van der Waals surface area contributed by atoms with E-state index in [0.717, 1.165) is 17.5 Å². The van der Waals surface area contributed by atoms with Gasteiger partial charge < -0.3 is 5.32 Å². The van der Waals surface area contributed by atoms with Crippen molar-refractivity contribution in [2.45, 2.75) is 38.6 Å². The summed E-state index contributed by atoms with van der Waals surface area (Å²) in [5, 5.41) is 13.7. The van der Waals surface area contributed by atoms with Gasteiger partial charge in [0.2, 0.25) is 0 Å². The quantitative estimate of drug-likeness (QED) is 0.868. The zero-order valence-electron chi connectivity index (χ0n) is 11.0. The maximum Gasteiger partial charge on any atom is 0.251 e. The van der Waals surface area contributed by atoms with Crippen molar-refractivity contribution in [1.29, 1.82) is 0 Å². The van der Waals surface area contributed by atoms with E-state index in [9.17, 15) is 4.79 Å². The van der Waals surface area contributed by atoms with Gasteiger partial charge in [-0.25, -0.2) is 0 Å². The lowest BCUT2D eigenvalue weighted by Crippen LogP contribution is -2.41. The highest BCUT2D eigenvalue weighted by molar-refractivity contribution is 5.97. The van der Waals surface area contributed by atoms with Crippen LogP contribution in [0.3, 0.4) is 0 Å². The first kappa shape index (κ1) is 12.1. The van der Waals surface area contributed by atoms with Crippen LogP contribution in [-0.2, 0) is 0 Å². The lowest BCUT2D eigenvalue weighted by atomic mass is 9.86. The molecule has 2 aromatic rings. The molecule has 0 bridgehead atoms. The number of hydrogen-bond donors (Lipinski definition) is 2. The molecule has 0 unspecified atom stereocenters. The SMILES string of the molecule is C[C@@H]1CCCC[C@@H]1NC(=O)c1ccc2n[nH]nc2c1. The number of hydrogen-bond acceptors (Lipinski definition) is 3. The minimum atomic E-state index is -0.0105. The van der Waals surface area contributed by atoms with Gasteiger partial charge in [-0.05, 0) is 37.0 Å². The largest absolute Gasteiger partial charge is 0.349 e. The minimum Gasteiger partial charge on any atom is -0.349 e. The number of benzene rings is 1. The molecule has 1 aliphatic rings. The Morgan fingerprint density at radius 3 is 2.89 bits per heavy atom. The van der Waals surface area contributed by atoms with E-state index in [1.54, 1.807) is 12.1 Å². The topological polar surface area (TPSA) is 70.7 Å². The summed E-state index contributed by atoms with van der Waals surface area (Å²) in [4.78, 5) is 12.3. The molecule has 5 nitrogen and oxygen atoms in total. The normalized spacial score (nSPS) is 23.4. The van der Waals surface area contributed by atoms with Crippen LogP contribution in [0.15, 0.2) is 18.2 Å². The fourth-order valence-electron chi connectivity index (χ4n) is 2.76. The van der Waals surface area contributed by atoms with Crippen LogP contribution >= 0.6 is 0 Å². The first-order chi connectivity index (χ1) is 9.24. The van der Waals surface area contributed by atoms with Crippen molar-refractivity contribution in [2.75, 3.05) is 0 Å². The molecular formula is C14H18N4O. The fourth-order valence-corrected chi connectivity index (χ4v) is 2.76. The first-order valence-electron chi connectivity index (χ1n) is 6.85. The van der Waals surface area contributed by atoms with E-state index >= 15 is 0 Å². The second-order valence-corrected chi connectivity index (χ2v) is 5.37. The third-order valence-electron chi connectivity index (χ3n) is 4.01. The van der Waals surface area contributed by atoms with Crippen LogP contribution in [0.4, 0.5) is 0 Å².